The first-order valence-electron chi connectivity index (χ1n) is 5.98. The number of nitro groups is 1. The fourth-order valence-electron chi connectivity index (χ4n) is 2.55. The number of halogens is 1. The molecule has 6 heteroatoms. The number of aromatic nitrogens is 2. The predicted molar refractivity (Wildman–Crippen MR) is 63.9 cm³/mol. The van der Waals surface area contributed by atoms with Crippen LogP contribution in [0.2, 0.25) is 0 Å². The molecule has 94 valence electrons. The van der Waals surface area contributed by atoms with Crippen LogP contribution in [0.1, 0.15) is 31.7 Å². The molecule has 1 aliphatic carbocycles. The van der Waals surface area contributed by atoms with Gasteiger partial charge in [0.2, 0.25) is 5.82 Å². The molecule has 1 aromatic heterocycles. The summed E-state index contributed by atoms with van der Waals surface area (Å²) in [6.45, 7) is 0. The maximum Gasteiger partial charge on any atom is 0.305 e. The van der Waals surface area contributed by atoms with Crippen molar-refractivity contribution in [2.45, 2.75) is 31.7 Å². The summed E-state index contributed by atoms with van der Waals surface area (Å²) in [5, 5.41) is 15.6. The van der Waals surface area contributed by atoms with Crippen molar-refractivity contribution in [3.63, 3.8) is 0 Å². The Kier molecular flexibility index (Phi) is 2.50. The van der Waals surface area contributed by atoms with Gasteiger partial charge in [-0.15, -0.1) is 0 Å². The summed E-state index contributed by atoms with van der Waals surface area (Å²) in [7, 11) is 0. The minimum absolute atomic E-state index is 0.347. The Morgan fingerprint density at radius 2 is 2.11 bits per heavy atom. The molecule has 1 fully saturated rings. The van der Waals surface area contributed by atoms with Crippen LogP contribution in [0, 0.1) is 15.9 Å². The fraction of sp³-hybridized carbons (Fsp3) is 0.417. The quantitative estimate of drug-likeness (QED) is 0.606. The molecule has 1 saturated carbocycles. The smallest absolute Gasteiger partial charge is 0.268 e. The monoisotopic (exact) mass is 249 g/mol. The summed E-state index contributed by atoms with van der Waals surface area (Å²) in [6, 6.07) is 2.74. The average Bonchev–Trinajstić information content (AvgIpc) is 2.95. The van der Waals surface area contributed by atoms with E-state index in [-0.39, 0.29) is 0 Å². The maximum absolute atomic E-state index is 13.5. The van der Waals surface area contributed by atoms with Crippen molar-refractivity contribution in [2.75, 3.05) is 0 Å². The lowest BCUT2D eigenvalue weighted by atomic mass is 10.2. The molecule has 0 atom stereocenters. The summed E-state index contributed by atoms with van der Waals surface area (Å²) in [4.78, 5) is 9.96. The van der Waals surface area contributed by atoms with Gasteiger partial charge in [-0.25, -0.2) is 0 Å². The highest BCUT2D eigenvalue weighted by molar-refractivity contribution is 5.80. The molecule has 1 aromatic carbocycles. The van der Waals surface area contributed by atoms with Gasteiger partial charge >= 0.3 is 5.69 Å². The van der Waals surface area contributed by atoms with Gasteiger partial charge in [-0.2, -0.15) is 9.49 Å². The number of hydrogen-bond acceptors (Lipinski definition) is 3. The zero-order chi connectivity index (χ0) is 12.7. The number of rotatable bonds is 2. The van der Waals surface area contributed by atoms with E-state index in [1.54, 1.807) is 6.20 Å². The minimum Gasteiger partial charge on any atom is -0.268 e. The van der Waals surface area contributed by atoms with Gasteiger partial charge in [-0.05, 0) is 12.8 Å². The van der Waals surface area contributed by atoms with Crippen molar-refractivity contribution in [3.8, 4) is 0 Å². The van der Waals surface area contributed by atoms with Crippen molar-refractivity contribution in [1.82, 2.24) is 9.78 Å². The highest BCUT2D eigenvalue weighted by Crippen LogP contribution is 2.31. The Morgan fingerprint density at radius 3 is 2.78 bits per heavy atom. The zero-order valence-corrected chi connectivity index (χ0v) is 9.67. The maximum atomic E-state index is 13.5. The van der Waals surface area contributed by atoms with Crippen molar-refractivity contribution in [1.29, 1.82) is 0 Å². The van der Waals surface area contributed by atoms with Crippen LogP contribution in [0.3, 0.4) is 0 Å². The first-order chi connectivity index (χ1) is 8.65. The van der Waals surface area contributed by atoms with Gasteiger partial charge in [0.25, 0.3) is 0 Å². The molecule has 2 aromatic rings. The third-order valence-corrected chi connectivity index (χ3v) is 3.49. The molecule has 1 heterocycles. The molecule has 3 rings (SSSR count). The second-order valence-corrected chi connectivity index (χ2v) is 4.67. The molecule has 1 aliphatic rings. The Morgan fingerprint density at radius 1 is 1.39 bits per heavy atom. The normalized spacial score (nSPS) is 16.5. The van der Waals surface area contributed by atoms with Crippen LogP contribution < -0.4 is 0 Å². The molecule has 5 nitrogen and oxygen atoms in total. The molecule has 0 radical (unpaired) electrons. The van der Waals surface area contributed by atoms with Crippen molar-refractivity contribution >= 4 is 16.6 Å². The highest BCUT2D eigenvalue weighted by atomic mass is 19.1. The Bertz CT molecular complexity index is 617. The van der Waals surface area contributed by atoms with Crippen LogP contribution in [-0.2, 0) is 0 Å². The zero-order valence-electron chi connectivity index (χ0n) is 9.67. The lowest BCUT2D eigenvalue weighted by Crippen LogP contribution is -2.04. The number of nitrogens with zero attached hydrogens (tertiary/aromatic N) is 3. The van der Waals surface area contributed by atoms with Gasteiger partial charge in [0.05, 0.1) is 16.5 Å². The Balaban J connectivity index is 2.08. The standard InChI is InChI=1S/C12H12FN3O2/c13-10-6-11-8(5-12(10)16(17)18)7-15(14-11)9-3-1-2-4-9/h5-7,9H,1-4H2. The molecular formula is C12H12FN3O2. The summed E-state index contributed by atoms with van der Waals surface area (Å²) < 4.78 is 15.3. The summed E-state index contributed by atoms with van der Waals surface area (Å²) in [5.41, 5.74) is -0.0153. The summed E-state index contributed by atoms with van der Waals surface area (Å²) in [5.74, 6) is -0.829. The average molecular weight is 249 g/mol. The first-order valence-corrected chi connectivity index (χ1v) is 5.98. The molecule has 0 amide bonds. The first kappa shape index (κ1) is 11.1. The van der Waals surface area contributed by atoms with E-state index in [0.29, 0.717) is 16.9 Å². The van der Waals surface area contributed by atoms with Gasteiger partial charge in [0.15, 0.2) is 0 Å². The summed E-state index contributed by atoms with van der Waals surface area (Å²) >= 11 is 0. The second-order valence-electron chi connectivity index (χ2n) is 4.67. The van der Waals surface area contributed by atoms with Crippen LogP contribution in [0.25, 0.3) is 10.9 Å². The fourth-order valence-corrected chi connectivity index (χ4v) is 2.55. The van der Waals surface area contributed by atoms with E-state index < -0.39 is 16.4 Å². The van der Waals surface area contributed by atoms with Gasteiger partial charge in [0.1, 0.15) is 0 Å². The van der Waals surface area contributed by atoms with E-state index in [0.717, 1.165) is 18.9 Å². The number of nitro benzene ring substituents is 1. The number of fused-ring (bicyclic) bond motifs is 1. The second kappa shape index (κ2) is 4.04. The van der Waals surface area contributed by atoms with Gasteiger partial charge < -0.3 is 0 Å². The number of hydrogen-bond donors (Lipinski definition) is 0. The molecule has 0 saturated heterocycles. The summed E-state index contributed by atoms with van der Waals surface area (Å²) in [6.07, 6.45) is 6.26. The molecule has 0 spiro atoms. The lowest BCUT2D eigenvalue weighted by Gasteiger charge is -2.07. The van der Waals surface area contributed by atoms with E-state index in [9.17, 15) is 14.5 Å². The number of benzene rings is 1. The van der Waals surface area contributed by atoms with Crippen LogP contribution in [0.15, 0.2) is 18.3 Å². The van der Waals surface area contributed by atoms with Crippen LogP contribution in [0.4, 0.5) is 10.1 Å². The SMILES string of the molecule is O=[N+]([O-])c1cc2cn(C3CCCC3)nc2cc1F. The van der Waals surface area contributed by atoms with E-state index >= 15 is 0 Å². The molecule has 0 unspecified atom stereocenters. The largest absolute Gasteiger partial charge is 0.305 e. The van der Waals surface area contributed by atoms with Crippen LogP contribution in [-0.4, -0.2) is 14.7 Å². The Labute approximate surface area is 102 Å². The molecular weight excluding hydrogens is 237 g/mol. The molecule has 0 N–H and O–H groups in total. The van der Waals surface area contributed by atoms with E-state index in [2.05, 4.69) is 5.10 Å². The Hall–Kier alpha value is -1.98. The van der Waals surface area contributed by atoms with E-state index in [1.807, 2.05) is 4.68 Å². The molecule has 0 aliphatic heterocycles. The highest BCUT2D eigenvalue weighted by Gasteiger charge is 2.20. The topological polar surface area (TPSA) is 61.0 Å². The van der Waals surface area contributed by atoms with E-state index in [4.69, 9.17) is 0 Å². The third kappa shape index (κ3) is 1.73. The predicted octanol–water partition coefficient (Wildman–Crippen LogP) is 3.20. The lowest BCUT2D eigenvalue weighted by molar-refractivity contribution is -0.387. The van der Waals surface area contributed by atoms with Crippen molar-refractivity contribution in [2.24, 2.45) is 0 Å². The van der Waals surface area contributed by atoms with E-state index in [1.165, 1.54) is 18.9 Å². The third-order valence-electron chi connectivity index (χ3n) is 3.49. The van der Waals surface area contributed by atoms with Gasteiger partial charge in [-0.3, -0.25) is 14.8 Å². The minimum atomic E-state index is -0.829. The van der Waals surface area contributed by atoms with Gasteiger partial charge in [-0.1, -0.05) is 12.8 Å². The van der Waals surface area contributed by atoms with Crippen molar-refractivity contribution in [3.05, 3.63) is 34.3 Å². The van der Waals surface area contributed by atoms with Crippen LogP contribution in [0.5, 0.6) is 0 Å². The molecule has 0 bridgehead atoms. The van der Waals surface area contributed by atoms with Gasteiger partial charge in [0, 0.05) is 23.7 Å². The van der Waals surface area contributed by atoms with Crippen LogP contribution >= 0.6 is 0 Å². The molecule has 18 heavy (non-hydrogen) atoms. The van der Waals surface area contributed by atoms with Crippen molar-refractivity contribution < 1.29 is 9.31 Å².